The minimum absolute atomic E-state index is 0.0343. The fourth-order valence-electron chi connectivity index (χ4n) is 3.02. The smallest absolute Gasteiger partial charge is 0.138 e. The summed E-state index contributed by atoms with van der Waals surface area (Å²) in [5, 5.41) is 8.83. The van der Waals surface area contributed by atoms with E-state index in [1.54, 1.807) is 24.5 Å². The molecule has 138 valence electrons. The molecule has 0 amide bonds. The zero-order valence-corrected chi connectivity index (χ0v) is 15.1. The van der Waals surface area contributed by atoms with Gasteiger partial charge in [0.25, 0.3) is 0 Å². The van der Waals surface area contributed by atoms with Crippen LogP contribution in [0, 0.1) is 12.7 Å². The van der Waals surface area contributed by atoms with Gasteiger partial charge in [0.05, 0.1) is 11.2 Å². The van der Waals surface area contributed by atoms with Crippen molar-refractivity contribution in [2.45, 2.75) is 13.3 Å². The lowest BCUT2D eigenvalue weighted by molar-refractivity contribution is -0.107. The van der Waals surface area contributed by atoms with Crippen molar-refractivity contribution in [2.75, 3.05) is 0 Å². The van der Waals surface area contributed by atoms with Gasteiger partial charge in [0, 0.05) is 35.8 Å². The molecule has 4 aromatic rings. The molecule has 0 radical (unpaired) electrons. The van der Waals surface area contributed by atoms with E-state index in [-0.39, 0.29) is 6.42 Å². The van der Waals surface area contributed by atoms with Gasteiger partial charge in [0.1, 0.15) is 23.6 Å². The predicted octanol–water partition coefficient (Wildman–Crippen LogP) is 4.67. The molecular weight excluding hydrogens is 357 g/mol. The van der Waals surface area contributed by atoms with Crippen LogP contribution in [-0.2, 0) is 11.2 Å². The lowest BCUT2D eigenvalue weighted by Crippen LogP contribution is -1.97. The lowest BCUT2D eigenvalue weighted by Gasteiger charge is -2.13. The summed E-state index contributed by atoms with van der Waals surface area (Å²) in [6.45, 7) is 1.82. The molecule has 28 heavy (non-hydrogen) atoms. The van der Waals surface area contributed by atoms with Gasteiger partial charge in [-0.2, -0.15) is 10.2 Å². The Morgan fingerprint density at radius 1 is 1.07 bits per heavy atom. The number of hydrogen-bond donors (Lipinski definition) is 0. The van der Waals surface area contributed by atoms with E-state index >= 15 is 0 Å². The zero-order chi connectivity index (χ0) is 19.5. The third-order valence-corrected chi connectivity index (χ3v) is 4.44. The molecule has 2 aromatic carbocycles. The third-order valence-electron chi connectivity index (χ3n) is 4.44. The monoisotopic (exact) mass is 373 g/mol. The molecule has 0 saturated heterocycles. The zero-order valence-electron chi connectivity index (χ0n) is 15.1. The maximum atomic E-state index is 14.3. The predicted molar refractivity (Wildman–Crippen MR) is 104 cm³/mol. The summed E-state index contributed by atoms with van der Waals surface area (Å²) in [6, 6.07) is 14.1. The van der Waals surface area contributed by atoms with E-state index in [1.165, 1.54) is 6.07 Å². The van der Waals surface area contributed by atoms with E-state index in [9.17, 15) is 9.18 Å². The van der Waals surface area contributed by atoms with E-state index < -0.39 is 5.82 Å². The Bertz CT molecular complexity index is 1160. The van der Waals surface area contributed by atoms with Gasteiger partial charge in [-0.1, -0.05) is 6.07 Å². The van der Waals surface area contributed by atoms with E-state index in [0.717, 1.165) is 27.7 Å². The third kappa shape index (κ3) is 3.44. The van der Waals surface area contributed by atoms with Gasteiger partial charge in [-0.25, -0.2) is 4.39 Å². The maximum absolute atomic E-state index is 14.3. The summed E-state index contributed by atoms with van der Waals surface area (Å²) < 4.78 is 20.3. The number of ether oxygens (including phenoxy) is 1. The van der Waals surface area contributed by atoms with Gasteiger partial charge < -0.3 is 9.53 Å². The van der Waals surface area contributed by atoms with Gasteiger partial charge in [-0.05, 0) is 54.4 Å². The fourth-order valence-corrected chi connectivity index (χ4v) is 3.02. The number of aryl methyl sites for hydroxylation is 1. The van der Waals surface area contributed by atoms with E-state index in [4.69, 9.17) is 4.74 Å². The van der Waals surface area contributed by atoms with Crippen molar-refractivity contribution in [2.24, 2.45) is 0 Å². The van der Waals surface area contributed by atoms with E-state index in [1.807, 2.05) is 37.3 Å². The van der Waals surface area contributed by atoms with Gasteiger partial charge in [0.15, 0.2) is 0 Å². The highest BCUT2D eigenvalue weighted by molar-refractivity contribution is 5.89. The lowest BCUT2D eigenvalue weighted by atomic mass is 10.1. The molecule has 0 aliphatic heterocycles. The highest BCUT2D eigenvalue weighted by atomic mass is 19.1. The van der Waals surface area contributed by atoms with Crippen molar-refractivity contribution < 1.29 is 13.9 Å². The highest BCUT2D eigenvalue weighted by Gasteiger charge is 2.12. The standard InChI is InChI=1S/C22H16FN3O2/c1-14-11-15(7-10-27)18(23)13-22(14)28-21-6-9-24-20-5-4-16(12-17(20)21)19-3-2-8-25-26-19/h2-6,8-13H,7H2,1H3. The Kier molecular flexibility index (Phi) is 4.76. The van der Waals surface area contributed by atoms with Crippen molar-refractivity contribution >= 4 is 17.2 Å². The summed E-state index contributed by atoms with van der Waals surface area (Å²) in [7, 11) is 0. The number of rotatable bonds is 5. The van der Waals surface area contributed by atoms with E-state index in [2.05, 4.69) is 15.2 Å². The van der Waals surface area contributed by atoms with Gasteiger partial charge in [-0.3, -0.25) is 4.98 Å². The number of fused-ring (bicyclic) bond motifs is 1. The van der Waals surface area contributed by atoms with Crippen molar-refractivity contribution in [3.8, 4) is 22.8 Å². The largest absolute Gasteiger partial charge is 0.456 e. The van der Waals surface area contributed by atoms with Crippen LogP contribution >= 0.6 is 0 Å². The average molecular weight is 373 g/mol. The normalized spacial score (nSPS) is 10.8. The van der Waals surface area contributed by atoms with Crippen molar-refractivity contribution in [1.29, 1.82) is 0 Å². The molecule has 0 fully saturated rings. The number of aldehydes is 1. The summed E-state index contributed by atoms with van der Waals surface area (Å²) in [6.07, 6.45) is 3.98. The second-order valence-electron chi connectivity index (χ2n) is 6.33. The van der Waals surface area contributed by atoms with Crippen molar-refractivity contribution in [3.63, 3.8) is 0 Å². The minimum Gasteiger partial charge on any atom is -0.456 e. The Balaban J connectivity index is 1.77. The van der Waals surface area contributed by atoms with Crippen LogP contribution in [0.15, 0.2) is 60.9 Å². The summed E-state index contributed by atoms with van der Waals surface area (Å²) in [5.74, 6) is 0.484. The molecule has 0 aliphatic carbocycles. The summed E-state index contributed by atoms with van der Waals surface area (Å²) in [4.78, 5) is 15.1. The number of carbonyl (C=O) groups is 1. The Hall–Kier alpha value is -3.67. The number of carbonyl (C=O) groups excluding carboxylic acids is 1. The number of benzene rings is 2. The van der Waals surface area contributed by atoms with Crippen LogP contribution in [0.25, 0.3) is 22.2 Å². The minimum atomic E-state index is -0.466. The molecule has 2 heterocycles. The Morgan fingerprint density at radius 2 is 1.96 bits per heavy atom. The molecule has 0 aliphatic rings. The first-order valence-electron chi connectivity index (χ1n) is 8.73. The molecule has 4 rings (SSSR count). The first-order chi connectivity index (χ1) is 13.7. The van der Waals surface area contributed by atoms with Crippen LogP contribution in [-0.4, -0.2) is 21.5 Å². The number of pyridine rings is 1. The summed E-state index contributed by atoms with van der Waals surface area (Å²) in [5.41, 5.74) is 3.46. The fraction of sp³-hybridized carbons (Fsp3) is 0.0909. The number of hydrogen-bond acceptors (Lipinski definition) is 5. The second kappa shape index (κ2) is 7.52. The molecule has 0 saturated carbocycles. The molecule has 6 heteroatoms. The number of halogens is 1. The molecule has 0 atom stereocenters. The van der Waals surface area contributed by atoms with Crippen LogP contribution in [0.2, 0.25) is 0 Å². The number of aromatic nitrogens is 3. The Morgan fingerprint density at radius 3 is 2.75 bits per heavy atom. The van der Waals surface area contributed by atoms with Crippen LogP contribution in [0.3, 0.4) is 0 Å². The highest BCUT2D eigenvalue weighted by Crippen LogP contribution is 2.33. The molecule has 0 spiro atoms. The molecule has 0 bridgehead atoms. The van der Waals surface area contributed by atoms with Crippen LogP contribution < -0.4 is 4.74 Å². The van der Waals surface area contributed by atoms with E-state index in [0.29, 0.717) is 23.3 Å². The van der Waals surface area contributed by atoms with Gasteiger partial charge in [-0.15, -0.1) is 0 Å². The molecule has 0 unspecified atom stereocenters. The van der Waals surface area contributed by atoms with Crippen molar-refractivity contribution in [3.05, 3.63) is 77.9 Å². The quantitative estimate of drug-likeness (QED) is 0.476. The molecule has 0 N–H and O–H groups in total. The van der Waals surface area contributed by atoms with Crippen LogP contribution in [0.1, 0.15) is 11.1 Å². The SMILES string of the molecule is Cc1cc(CC=O)c(F)cc1Oc1ccnc2ccc(-c3cccnn3)cc12. The van der Waals surface area contributed by atoms with Crippen molar-refractivity contribution in [1.82, 2.24) is 15.2 Å². The Labute approximate surface area is 160 Å². The first-order valence-corrected chi connectivity index (χ1v) is 8.73. The second-order valence-corrected chi connectivity index (χ2v) is 6.33. The molecular formula is C22H16FN3O2. The van der Waals surface area contributed by atoms with Gasteiger partial charge >= 0.3 is 0 Å². The topological polar surface area (TPSA) is 65.0 Å². The maximum Gasteiger partial charge on any atom is 0.138 e. The molecule has 5 nitrogen and oxygen atoms in total. The first kappa shape index (κ1) is 17.7. The summed E-state index contributed by atoms with van der Waals surface area (Å²) >= 11 is 0. The van der Waals surface area contributed by atoms with Crippen LogP contribution in [0.5, 0.6) is 11.5 Å². The van der Waals surface area contributed by atoms with Crippen LogP contribution in [0.4, 0.5) is 4.39 Å². The average Bonchev–Trinajstić information content (AvgIpc) is 2.72. The van der Waals surface area contributed by atoms with Gasteiger partial charge in [0.2, 0.25) is 0 Å². The number of nitrogens with zero attached hydrogens (tertiary/aromatic N) is 3. The molecule has 2 aromatic heterocycles.